The van der Waals surface area contributed by atoms with Gasteiger partial charge in [-0.1, -0.05) is 54.1 Å². The van der Waals surface area contributed by atoms with Gasteiger partial charge >= 0.3 is 0 Å². The Morgan fingerprint density at radius 1 is 0.962 bits per heavy atom. The molecule has 136 valence electrons. The van der Waals surface area contributed by atoms with E-state index in [4.69, 9.17) is 11.6 Å². The minimum absolute atomic E-state index is 0.0196. The van der Waals surface area contributed by atoms with E-state index in [-0.39, 0.29) is 18.4 Å². The highest BCUT2D eigenvalue weighted by Crippen LogP contribution is 2.14. The van der Waals surface area contributed by atoms with Crippen LogP contribution in [0.5, 0.6) is 0 Å². The van der Waals surface area contributed by atoms with Gasteiger partial charge in [-0.2, -0.15) is 0 Å². The van der Waals surface area contributed by atoms with E-state index >= 15 is 0 Å². The second-order valence-corrected chi connectivity index (χ2v) is 7.03. The molecule has 0 aliphatic carbocycles. The lowest BCUT2D eigenvalue weighted by Crippen LogP contribution is -2.51. The van der Waals surface area contributed by atoms with Crippen molar-refractivity contribution < 1.29 is 9.59 Å². The first-order chi connectivity index (χ1) is 12.6. The number of nitrogens with zero attached hydrogens (tertiary/aromatic N) is 2. The van der Waals surface area contributed by atoms with Gasteiger partial charge in [0.15, 0.2) is 0 Å². The molecule has 5 heteroatoms. The quantitative estimate of drug-likeness (QED) is 0.780. The Morgan fingerprint density at radius 3 is 2.38 bits per heavy atom. The van der Waals surface area contributed by atoms with E-state index in [1.807, 2.05) is 59.5 Å². The van der Waals surface area contributed by atoms with Crippen molar-refractivity contribution in [3.63, 3.8) is 0 Å². The van der Waals surface area contributed by atoms with Crippen LogP contribution in [0.15, 0.2) is 54.6 Å². The number of piperazine rings is 1. The number of aryl methyl sites for hydroxylation is 1. The van der Waals surface area contributed by atoms with Crippen LogP contribution in [0.25, 0.3) is 0 Å². The first kappa shape index (κ1) is 18.5. The van der Waals surface area contributed by atoms with Gasteiger partial charge < -0.3 is 9.80 Å². The van der Waals surface area contributed by atoms with E-state index in [0.29, 0.717) is 26.1 Å². The molecule has 0 unspecified atom stereocenters. The third kappa shape index (κ3) is 5.09. The van der Waals surface area contributed by atoms with Crippen LogP contribution in [-0.2, 0) is 22.6 Å². The van der Waals surface area contributed by atoms with Crippen molar-refractivity contribution in [2.24, 2.45) is 0 Å². The second kappa shape index (κ2) is 8.86. The number of halogens is 1. The minimum atomic E-state index is 0.0196. The van der Waals surface area contributed by atoms with Crippen LogP contribution < -0.4 is 0 Å². The van der Waals surface area contributed by atoms with Gasteiger partial charge in [-0.25, -0.2) is 0 Å². The van der Waals surface area contributed by atoms with E-state index in [0.717, 1.165) is 23.4 Å². The van der Waals surface area contributed by atoms with E-state index in [9.17, 15) is 9.59 Å². The average Bonchev–Trinajstić information content (AvgIpc) is 2.66. The summed E-state index contributed by atoms with van der Waals surface area (Å²) in [5.74, 6) is 0.0813. The molecule has 1 aliphatic rings. The van der Waals surface area contributed by atoms with E-state index < -0.39 is 0 Å². The lowest BCUT2D eigenvalue weighted by Gasteiger charge is -2.34. The zero-order valence-corrected chi connectivity index (χ0v) is 15.5. The van der Waals surface area contributed by atoms with Crippen molar-refractivity contribution >= 4 is 23.4 Å². The Balaban J connectivity index is 1.43. The Morgan fingerprint density at radius 2 is 1.69 bits per heavy atom. The maximum atomic E-state index is 12.4. The Labute approximate surface area is 159 Å². The second-order valence-electron chi connectivity index (χ2n) is 6.60. The van der Waals surface area contributed by atoms with E-state index in [1.165, 1.54) is 5.56 Å². The molecule has 0 saturated carbocycles. The fraction of sp³-hybridized carbons (Fsp3) is 0.333. The average molecular weight is 371 g/mol. The normalized spacial score (nSPS) is 14.6. The summed E-state index contributed by atoms with van der Waals surface area (Å²) in [6, 6.07) is 17.6. The number of hydrogen-bond acceptors (Lipinski definition) is 2. The van der Waals surface area contributed by atoms with Crippen LogP contribution in [0.1, 0.15) is 24.0 Å². The molecule has 2 aromatic rings. The lowest BCUT2D eigenvalue weighted by molar-refractivity contribution is -0.145. The fourth-order valence-electron chi connectivity index (χ4n) is 3.15. The van der Waals surface area contributed by atoms with Crippen LogP contribution in [0, 0.1) is 0 Å². The summed E-state index contributed by atoms with van der Waals surface area (Å²) in [4.78, 5) is 28.3. The molecule has 1 aliphatic heterocycles. The zero-order chi connectivity index (χ0) is 18.4. The lowest BCUT2D eigenvalue weighted by atomic mass is 10.1. The molecule has 1 saturated heterocycles. The number of carbonyl (C=O) groups excluding carboxylic acids is 2. The standard InChI is InChI=1S/C21H23ClN2O2/c22-19-11-9-17(10-12-19)7-4-8-20(25)24-14-13-23(21(26)16-24)15-18-5-2-1-3-6-18/h1-3,5-6,9-12H,4,7-8,13-16H2. The summed E-state index contributed by atoms with van der Waals surface area (Å²) in [7, 11) is 0. The molecule has 4 nitrogen and oxygen atoms in total. The summed E-state index contributed by atoms with van der Waals surface area (Å²) in [5, 5.41) is 0.719. The first-order valence-electron chi connectivity index (χ1n) is 8.96. The number of rotatable bonds is 6. The van der Waals surface area contributed by atoms with Crippen molar-refractivity contribution in [2.45, 2.75) is 25.8 Å². The molecule has 3 rings (SSSR count). The number of amides is 2. The van der Waals surface area contributed by atoms with Crippen molar-refractivity contribution in [3.05, 3.63) is 70.7 Å². The molecule has 2 amide bonds. The molecule has 0 aromatic heterocycles. The van der Waals surface area contributed by atoms with Crippen molar-refractivity contribution in [1.82, 2.24) is 9.80 Å². The summed E-state index contributed by atoms with van der Waals surface area (Å²) >= 11 is 5.88. The third-order valence-electron chi connectivity index (χ3n) is 4.66. The first-order valence-corrected chi connectivity index (χ1v) is 9.33. The molecular weight excluding hydrogens is 348 g/mol. The van der Waals surface area contributed by atoms with Gasteiger partial charge in [0, 0.05) is 31.1 Å². The highest BCUT2D eigenvalue weighted by atomic mass is 35.5. The fourth-order valence-corrected chi connectivity index (χ4v) is 3.27. The summed E-state index contributed by atoms with van der Waals surface area (Å²) in [6.07, 6.45) is 2.08. The predicted octanol–water partition coefficient (Wildman–Crippen LogP) is 3.53. The summed E-state index contributed by atoms with van der Waals surface area (Å²) in [5.41, 5.74) is 2.29. The third-order valence-corrected chi connectivity index (χ3v) is 4.91. The molecule has 0 N–H and O–H groups in total. The van der Waals surface area contributed by atoms with Crippen molar-refractivity contribution in [2.75, 3.05) is 19.6 Å². The van der Waals surface area contributed by atoms with Crippen molar-refractivity contribution in [1.29, 1.82) is 0 Å². The number of carbonyl (C=O) groups is 2. The molecule has 0 atom stereocenters. The minimum Gasteiger partial charge on any atom is -0.335 e. The topological polar surface area (TPSA) is 40.6 Å². The molecule has 0 bridgehead atoms. The molecular formula is C21H23ClN2O2. The van der Waals surface area contributed by atoms with Crippen molar-refractivity contribution in [3.8, 4) is 0 Å². The van der Waals surface area contributed by atoms with Gasteiger partial charge in [0.05, 0.1) is 6.54 Å². The smallest absolute Gasteiger partial charge is 0.242 e. The molecule has 1 fully saturated rings. The van der Waals surface area contributed by atoms with Gasteiger partial charge in [0.2, 0.25) is 11.8 Å². The summed E-state index contributed by atoms with van der Waals surface area (Å²) < 4.78 is 0. The number of benzene rings is 2. The maximum absolute atomic E-state index is 12.4. The monoisotopic (exact) mass is 370 g/mol. The molecule has 2 aromatic carbocycles. The van der Waals surface area contributed by atoms with Gasteiger partial charge in [-0.05, 0) is 36.1 Å². The van der Waals surface area contributed by atoms with Crippen LogP contribution in [-0.4, -0.2) is 41.2 Å². The predicted molar refractivity (Wildman–Crippen MR) is 103 cm³/mol. The van der Waals surface area contributed by atoms with E-state index in [1.54, 1.807) is 4.90 Å². The highest BCUT2D eigenvalue weighted by molar-refractivity contribution is 6.30. The van der Waals surface area contributed by atoms with Gasteiger partial charge in [0.25, 0.3) is 0 Å². The van der Waals surface area contributed by atoms with Gasteiger partial charge in [-0.15, -0.1) is 0 Å². The maximum Gasteiger partial charge on any atom is 0.242 e. The SMILES string of the molecule is O=C(CCCc1ccc(Cl)cc1)N1CCN(Cc2ccccc2)C(=O)C1. The van der Waals surface area contributed by atoms with Crippen LogP contribution >= 0.6 is 11.6 Å². The molecule has 26 heavy (non-hydrogen) atoms. The Kier molecular flexibility index (Phi) is 6.29. The Hall–Kier alpha value is -2.33. The van der Waals surface area contributed by atoms with Gasteiger partial charge in [0.1, 0.15) is 0 Å². The highest BCUT2D eigenvalue weighted by Gasteiger charge is 2.26. The summed E-state index contributed by atoms with van der Waals surface area (Å²) in [6.45, 7) is 2.00. The number of hydrogen-bond donors (Lipinski definition) is 0. The Bertz CT molecular complexity index is 746. The van der Waals surface area contributed by atoms with Crippen LogP contribution in [0.3, 0.4) is 0 Å². The van der Waals surface area contributed by atoms with Gasteiger partial charge in [-0.3, -0.25) is 9.59 Å². The molecule has 0 radical (unpaired) electrons. The van der Waals surface area contributed by atoms with E-state index in [2.05, 4.69) is 0 Å². The van der Waals surface area contributed by atoms with Crippen LogP contribution in [0.2, 0.25) is 5.02 Å². The zero-order valence-electron chi connectivity index (χ0n) is 14.7. The largest absolute Gasteiger partial charge is 0.335 e. The molecule has 1 heterocycles. The molecule has 0 spiro atoms. The van der Waals surface area contributed by atoms with Crippen LogP contribution in [0.4, 0.5) is 0 Å².